The van der Waals surface area contributed by atoms with Crippen molar-refractivity contribution in [1.29, 1.82) is 0 Å². The van der Waals surface area contributed by atoms with Crippen LogP contribution < -0.4 is 5.32 Å². The molecule has 162 valence electrons. The normalized spacial score (nSPS) is 18.7. The summed E-state index contributed by atoms with van der Waals surface area (Å²) in [6, 6.07) is 7.93. The second kappa shape index (κ2) is 8.33. The van der Waals surface area contributed by atoms with Crippen LogP contribution in [0.25, 0.3) is 11.3 Å². The minimum absolute atomic E-state index is 0.113. The fraction of sp³-hybridized carbons (Fsp3) is 0.409. The van der Waals surface area contributed by atoms with E-state index in [2.05, 4.69) is 30.5 Å². The molecule has 1 aromatic carbocycles. The zero-order chi connectivity index (χ0) is 22.0. The summed E-state index contributed by atoms with van der Waals surface area (Å²) >= 11 is 0. The van der Waals surface area contributed by atoms with E-state index in [1.54, 1.807) is 18.0 Å². The van der Waals surface area contributed by atoms with Crippen LogP contribution in [0.1, 0.15) is 47.1 Å². The van der Waals surface area contributed by atoms with Gasteiger partial charge in [0.2, 0.25) is 5.91 Å². The maximum Gasteiger partial charge on any atom is 0.257 e. The Labute approximate surface area is 180 Å². The molecule has 2 amide bonds. The SMILES string of the molecule is Cc1ccc(-c2[nH]ncc2C(=O)N2CCC[C@@](C)(C(=O)NCc3nonc3C)C2)cc1. The van der Waals surface area contributed by atoms with Gasteiger partial charge in [0.15, 0.2) is 0 Å². The highest BCUT2D eigenvalue weighted by molar-refractivity contribution is 6.00. The molecule has 0 saturated carbocycles. The van der Waals surface area contributed by atoms with E-state index in [9.17, 15) is 9.59 Å². The van der Waals surface area contributed by atoms with Gasteiger partial charge in [-0.3, -0.25) is 14.7 Å². The Balaban J connectivity index is 1.47. The van der Waals surface area contributed by atoms with Crippen molar-refractivity contribution in [2.24, 2.45) is 5.41 Å². The molecule has 0 radical (unpaired) electrons. The number of aromatic amines is 1. The van der Waals surface area contributed by atoms with Crippen molar-refractivity contribution in [3.63, 3.8) is 0 Å². The fourth-order valence-corrected chi connectivity index (χ4v) is 3.94. The minimum Gasteiger partial charge on any atom is -0.350 e. The van der Waals surface area contributed by atoms with Gasteiger partial charge in [-0.25, -0.2) is 4.63 Å². The van der Waals surface area contributed by atoms with Crippen LogP contribution >= 0.6 is 0 Å². The Hall–Kier alpha value is -3.49. The molecule has 1 aliphatic heterocycles. The summed E-state index contributed by atoms with van der Waals surface area (Å²) in [5.41, 5.74) is 3.81. The van der Waals surface area contributed by atoms with Gasteiger partial charge in [-0.2, -0.15) is 5.10 Å². The summed E-state index contributed by atoms with van der Waals surface area (Å²) in [6.45, 7) is 6.88. The number of likely N-dealkylation sites (tertiary alicyclic amines) is 1. The molecule has 9 heteroatoms. The summed E-state index contributed by atoms with van der Waals surface area (Å²) < 4.78 is 4.68. The standard InChI is InChI=1S/C22H26N6O3/c1-14-5-7-16(8-6-14)19-17(11-24-25-19)20(29)28-10-4-9-22(3,13-28)21(30)23-12-18-15(2)26-31-27-18/h5-8,11H,4,9-10,12-13H2,1-3H3,(H,23,30)(H,24,25)/t22-/m1/s1. The number of nitrogens with zero attached hydrogens (tertiary/aromatic N) is 4. The number of benzene rings is 1. The first-order valence-corrected chi connectivity index (χ1v) is 10.3. The molecule has 1 atom stereocenters. The van der Waals surface area contributed by atoms with Crippen LogP contribution in [-0.4, -0.2) is 50.3 Å². The summed E-state index contributed by atoms with van der Waals surface area (Å²) in [5.74, 6) is -0.238. The third-order valence-electron chi connectivity index (χ3n) is 5.90. The molecule has 0 bridgehead atoms. The molecule has 3 heterocycles. The third-order valence-corrected chi connectivity index (χ3v) is 5.90. The lowest BCUT2D eigenvalue weighted by atomic mass is 9.80. The van der Waals surface area contributed by atoms with Gasteiger partial charge >= 0.3 is 0 Å². The highest BCUT2D eigenvalue weighted by Crippen LogP contribution is 2.32. The predicted molar refractivity (Wildman–Crippen MR) is 113 cm³/mol. The number of hydrogen-bond acceptors (Lipinski definition) is 6. The first-order valence-electron chi connectivity index (χ1n) is 10.3. The Morgan fingerprint density at radius 2 is 2.00 bits per heavy atom. The van der Waals surface area contributed by atoms with E-state index in [-0.39, 0.29) is 18.4 Å². The molecule has 1 aliphatic rings. The van der Waals surface area contributed by atoms with Gasteiger partial charge in [-0.15, -0.1) is 0 Å². The highest BCUT2D eigenvalue weighted by Gasteiger charge is 2.40. The zero-order valence-electron chi connectivity index (χ0n) is 17.9. The summed E-state index contributed by atoms with van der Waals surface area (Å²) in [6.07, 6.45) is 3.01. The molecular formula is C22H26N6O3. The molecule has 0 spiro atoms. The van der Waals surface area contributed by atoms with Gasteiger partial charge in [-0.1, -0.05) is 40.1 Å². The molecule has 4 rings (SSSR count). The maximum atomic E-state index is 13.3. The monoisotopic (exact) mass is 422 g/mol. The zero-order valence-corrected chi connectivity index (χ0v) is 17.9. The van der Waals surface area contributed by atoms with Crippen LogP contribution in [0.15, 0.2) is 35.1 Å². The number of aromatic nitrogens is 4. The Morgan fingerprint density at radius 3 is 2.71 bits per heavy atom. The van der Waals surface area contributed by atoms with Crippen molar-refractivity contribution in [3.05, 3.63) is 53.0 Å². The van der Waals surface area contributed by atoms with Crippen LogP contribution in [0, 0.1) is 19.3 Å². The van der Waals surface area contributed by atoms with Gasteiger partial charge in [0.05, 0.1) is 29.4 Å². The number of rotatable bonds is 5. The first-order chi connectivity index (χ1) is 14.9. The van der Waals surface area contributed by atoms with Crippen LogP contribution in [0.3, 0.4) is 0 Å². The van der Waals surface area contributed by atoms with Gasteiger partial charge in [0.1, 0.15) is 11.4 Å². The number of carbonyl (C=O) groups excluding carboxylic acids is 2. The van der Waals surface area contributed by atoms with Crippen molar-refractivity contribution < 1.29 is 14.2 Å². The van der Waals surface area contributed by atoms with E-state index in [1.165, 1.54) is 0 Å². The lowest BCUT2D eigenvalue weighted by Crippen LogP contribution is -2.51. The molecule has 0 aliphatic carbocycles. The smallest absolute Gasteiger partial charge is 0.257 e. The number of aryl methyl sites for hydroxylation is 2. The molecule has 2 aromatic heterocycles. The fourth-order valence-electron chi connectivity index (χ4n) is 3.94. The van der Waals surface area contributed by atoms with E-state index in [1.807, 2.05) is 38.1 Å². The van der Waals surface area contributed by atoms with Gasteiger partial charge in [0, 0.05) is 18.7 Å². The van der Waals surface area contributed by atoms with Crippen molar-refractivity contribution >= 4 is 11.8 Å². The number of hydrogen-bond donors (Lipinski definition) is 2. The Morgan fingerprint density at radius 1 is 1.23 bits per heavy atom. The average molecular weight is 422 g/mol. The number of carbonyl (C=O) groups is 2. The number of amides is 2. The van der Waals surface area contributed by atoms with Crippen molar-refractivity contribution in [1.82, 2.24) is 30.7 Å². The number of nitrogens with one attached hydrogen (secondary N) is 2. The van der Waals surface area contributed by atoms with Crippen molar-refractivity contribution in [2.75, 3.05) is 13.1 Å². The highest BCUT2D eigenvalue weighted by atomic mass is 16.6. The molecule has 2 N–H and O–H groups in total. The van der Waals surface area contributed by atoms with Crippen LogP contribution in [0.2, 0.25) is 0 Å². The van der Waals surface area contributed by atoms with Crippen LogP contribution in [0.5, 0.6) is 0 Å². The van der Waals surface area contributed by atoms with Crippen molar-refractivity contribution in [3.8, 4) is 11.3 Å². The predicted octanol–water partition coefficient (Wildman–Crippen LogP) is 2.64. The number of piperidine rings is 1. The second-order valence-corrected chi connectivity index (χ2v) is 8.39. The second-order valence-electron chi connectivity index (χ2n) is 8.39. The lowest BCUT2D eigenvalue weighted by Gasteiger charge is -2.39. The van der Waals surface area contributed by atoms with Crippen LogP contribution in [0.4, 0.5) is 0 Å². The van der Waals surface area contributed by atoms with E-state index in [0.29, 0.717) is 42.2 Å². The Bertz CT molecular complexity index is 1090. The summed E-state index contributed by atoms with van der Waals surface area (Å²) in [5, 5.41) is 17.5. The molecule has 1 saturated heterocycles. The lowest BCUT2D eigenvalue weighted by molar-refractivity contribution is -0.132. The molecule has 0 unspecified atom stereocenters. The topological polar surface area (TPSA) is 117 Å². The molecular weight excluding hydrogens is 396 g/mol. The molecule has 31 heavy (non-hydrogen) atoms. The summed E-state index contributed by atoms with van der Waals surface area (Å²) in [7, 11) is 0. The third kappa shape index (κ3) is 4.21. The van der Waals surface area contributed by atoms with Gasteiger partial charge in [0.25, 0.3) is 5.91 Å². The minimum atomic E-state index is -0.688. The van der Waals surface area contributed by atoms with E-state index < -0.39 is 5.41 Å². The van der Waals surface area contributed by atoms with Crippen LogP contribution in [-0.2, 0) is 11.3 Å². The van der Waals surface area contributed by atoms with Gasteiger partial charge in [-0.05, 0) is 33.6 Å². The van der Waals surface area contributed by atoms with Crippen molar-refractivity contribution in [2.45, 2.75) is 40.2 Å². The maximum absolute atomic E-state index is 13.3. The number of H-pyrrole nitrogens is 1. The molecule has 3 aromatic rings. The average Bonchev–Trinajstić information content (AvgIpc) is 3.41. The first kappa shape index (κ1) is 20.8. The quantitative estimate of drug-likeness (QED) is 0.653. The van der Waals surface area contributed by atoms with E-state index in [4.69, 9.17) is 0 Å². The summed E-state index contributed by atoms with van der Waals surface area (Å²) in [4.78, 5) is 28.0. The Kier molecular flexibility index (Phi) is 5.58. The largest absolute Gasteiger partial charge is 0.350 e. The van der Waals surface area contributed by atoms with Gasteiger partial charge < -0.3 is 10.2 Å². The van der Waals surface area contributed by atoms with E-state index in [0.717, 1.165) is 17.5 Å². The molecule has 9 nitrogen and oxygen atoms in total. The van der Waals surface area contributed by atoms with E-state index >= 15 is 0 Å². The molecule has 1 fully saturated rings.